The van der Waals surface area contributed by atoms with Crippen LogP contribution in [-0.2, 0) is 0 Å². The van der Waals surface area contributed by atoms with E-state index >= 15 is 0 Å². The molecule has 1 atom stereocenters. The van der Waals surface area contributed by atoms with Crippen molar-refractivity contribution in [1.82, 2.24) is 4.98 Å². The maximum atomic E-state index is 10.3. The summed E-state index contributed by atoms with van der Waals surface area (Å²) in [6.45, 7) is 1.93. The number of benzene rings is 1. The van der Waals surface area contributed by atoms with Crippen LogP contribution in [-0.4, -0.2) is 10.1 Å². The van der Waals surface area contributed by atoms with Gasteiger partial charge < -0.3 is 5.11 Å². The van der Waals surface area contributed by atoms with Crippen LogP contribution < -0.4 is 0 Å². The van der Waals surface area contributed by atoms with E-state index < -0.39 is 6.10 Å². The number of aryl methyl sites for hydroxylation is 1. The van der Waals surface area contributed by atoms with E-state index in [0.717, 1.165) is 24.9 Å². The fourth-order valence-corrected chi connectivity index (χ4v) is 2.52. The lowest BCUT2D eigenvalue weighted by atomic mass is 10.0. The molecule has 1 heterocycles. The number of nitrogens with zero attached hydrogens (tertiary/aromatic N) is 1. The monoisotopic (exact) mass is 403 g/mol. The number of aromatic nitrogens is 1. The molecule has 0 saturated heterocycles. The summed E-state index contributed by atoms with van der Waals surface area (Å²) in [7, 11) is 0. The van der Waals surface area contributed by atoms with Crippen LogP contribution in [0.25, 0.3) is 0 Å². The summed E-state index contributed by atoms with van der Waals surface area (Å²) in [6.07, 6.45) is 1.07. The molecular weight excluding hydrogens is 393 g/mol. The third kappa shape index (κ3) is 3.05. The zero-order valence-electron chi connectivity index (χ0n) is 9.19. The number of pyridine rings is 1. The lowest BCUT2D eigenvalue weighted by molar-refractivity contribution is 0.219. The van der Waals surface area contributed by atoms with E-state index in [4.69, 9.17) is 0 Å². The van der Waals surface area contributed by atoms with Gasteiger partial charge in [-0.2, -0.15) is 0 Å². The zero-order valence-corrected chi connectivity index (χ0v) is 12.9. The Morgan fingerprint density at radius 2 is 2.06 bits per heavy atom. The third-order valence-electron chi connectivity index (χ3n) is 2.50. The van der Waals surface area contributed by atoms with Gasteiger partial charge in [0.05, 0.1) is 0 Å². The van der Waals surface area contributed by atoms with Crippen molar-refractivity contribution in [2.75, 3.05) is 0 Å². The molecule has 0 amide bonds. The van der Waals surface area contributed by atoms with Crippen molar-refractivity contribution in [3.63, 3.8) is 0 Å². The van der Waals surface area contributed by atoms with Gasteiger partial charge in [-0.25, -0.2) is 0 Å². The molecular formula is C13H11BrINO. The minimum atomic E-state index is -0.646. The molecule has 0 bridgehead atoms. The highest BCUT2D eigenvalue weighted by Crippen LogP contribution is 2.29. The van der Waals surface area contributed by atoms with Crippen LogP contribution in [0.1, 0.15) is 22.9 Å². The van der Waals surface area contributed by atoms with Gasteiger partial charge in [0.15, 0.2) is 0 Å². The smallest absolute Gasteiger partial charge is 0.107 e. The highest BCUT2D eigenvalue weighted by Gasteiger charge is 2.14. The summed E-state index contributed by atoms with van der Waals surface area (Å²) in [4.78, 5) is 4.20. The van der Waals surface area contributed by atoms with Gasteiger partial charge in [0.2, 0.25) is 0 Å². The van der Waals surface area contributed by atoms with Gasteiger partial charge >= 0.3 is 0 Å². The lowest BCUT2D eigenvalue weighted by Gasteiger charge is -2.13. The van der Waals surface area contributed by atoms with Gasteiger partial charge in [-0.1, -0.05) is 22.0 Å². The van der Waals surface area contributed by atoms with Crippen LogP contribution in [0.15, 0.2) is 41.0 Å². The molecule has 0 spiro atoms. The molecule has 0 aliphatic rings. The van der Waals surface area contributed by atoms with Gasteiger partial charge in [-0.3, -0.25) is 4.98 Å². The van der Waals surface area contributed by atoms with Crippen LogP contribution in [0.5, 0.6) is 0 Å². The molecule has 1 unspecified atom stereocenters. The summed E-state index contributed by atoms with van der Waals surface area (Å²) in [6, 6.07) is 9.71. The SMILES string of the molecule is Cc1ccc(C(O)c2cc(I)ccc2Br)cn1. The van der Waals surface area contributed by atoms with Gasteiger partial charge in [0.1, 0.15) is 6.10 Å². The molecule has 0 saturated carbocycles. The van der Waals surface area contributed by atoms with E-state index in [1.807, 2.05) is 37.3 Å². The molecule has 17 heavy (non-hydrogen) atoms. The molecule has 2 nitrogen and oxygen atoms in total. The van der Waals surface area contributed by atoms with E-state index in [0.29, 0.717) is 0 Å². The molecule has 1 aromatic carbocycles. The fourth-order valence-electron chi connectivity index (χ4n) is 1.54. The van der Waals surface area contributed by atoms with E-state index in [2.05, 4.69) is 43.5 Å². The van der Waals surface area contributed by atoms with Crippen LogP contribution in [0.3, 0.4) is 0 Å². The van der Waals surface area contributed by atoms with E-state index in [-0.39, 0.29) is 0 Å². The average molecular weight is 404 g/mol. The second-order valence-corrected chi connectivity index (χ2v) is 5.90. The van der Waals surface area contributed by atoms with E-state index in [1.165, 1.54) is 0 Å². The fraction of sp³-hybridized carbons (Fsp3) is 0.154. The Labute approximate surface area is 122 Å². The Balaban J connectivity index is 2.39. The summed E-state index contributed by atoms with van der Waals surface area (Å²) < 4.78 is 2.01. The first-order chi connectivity index (χ1) is 8.08. The molecule has 88 valence electrons. The standard InChI is InChI=1S/C13H11BrINO/c1-8-2-3-9(7-16-8)13(17)11-6-10(15)4-5-12(11)14/h2-7,13,17H,1H3. The average Bonchev–Trinajstić information content (AvgIpc) is 2.32. The Morgan fingerprint density at radius 1 is 1.29 bits per heavy atom. The largest absolute Gasteiger partial charge is 0.384 e. The maximum absolute atomic E-state index is 10.3. The van der Waals surface area contributed by atoms with Crippen molar-refractivity contribution >= 4 is 38.5 Å². The van der Waals surface area contributed by atoms with Crippen molar-refractivity contribution < 1.29 is 5.11 Å². The van der Waals surface area contributed by atoms with Crippen molar-refractivity contribution in [1.29, 1.82) is 0 Å². The van der Waals surface area contributed by atoms with Crippen LogP contribution in [0.2, 0.25) is 0 Å². The highest BCUT2D eigenvalue weighted by atomic mass is 127. The summed E-state index contributed by atoms with van der Waals surface area (Å²) in [5, 5.41) is 10.3. The first-order valence-electron chi connectivity index (χ1n) is 5.13. The predicted octanol–water partition coefficient (Wildman–Crippen LogP) is 3.84. The maximum Gasteiger partial charge on any atom is 0.107 e. The Bertz CT molecular complexity index is 527. The second kappa shape index (κ2) is 5.46. The van der Waals surface area contributed by atoms with Crippen LogP contribution in [0.4, 0.5) is 0 Å². The highest BCUT2D eigenvalue weighted by molar-refractivity contribution is 14.1. The first-order valence-corrected chi connectivity index (χ1v) is 7.00. The minimum Gasteiger partial charge on any atom is -0.384 e. The van der Waals surface area contributed by atoms with Crippen molar-refractivity contribution in [2.24, 2.45) is 0 Å². The van der Waals surface area contributed by atoms with Gasteiger partial charge in [0.25, 0.3) is 0 Å². The summed E-state index contributed by atoms with van der Waals surface area (Å²) in [5.74, 6) is 0. The normalized spacial score (nSPS) is 12.5. The Kier molecular flexibility index (Phi) is 4.17. The minimum absolute atomic E-state index is 0.646. The summed E-state index contributed by atoms with van der Waals surface area (Å²) >= 11 is 5.69. The molecule has 4 heteroatoms. The van der Waals surface area contributed by atoms with Crippen molar-refractivity contribution in [2.45, 2.75) is 13.0 Å². The molecule has 0 aliphatic heterocycles. The van der Waals surface area contributed by atoms with Crippen molar-refractivity contribution in [3.05, 3.63) is 61.4 Å². The quantitative estimate of drug-likeness (QED) is 0.773. The molecule has 1 N–H and O–H groups in total. The number of aliphatic hydroxyl groups is 1. The topological polar surface area (TPSA) is 33.1 Å². The Morgan fingerprint density at radius 3 is 2.71 bits per heavy atom. The number of hydrogen-bond acceptors (Lipinski definition) is 2. The van der Waals surface area contributed by atoms with Gasteiger partial charge in [-0.15, -0.1) is 0 Å². The summed E-state index contributed by atoms with van der Waals surface area (Å²) in [5.41, 5.74) is 2.61. The molecule has 0 fully saturated rings. The van der Waals surface area contributed by atoms with Gasteiger partial charge in [0, 0.05) is 31.1 Å². The molecule has 0 radical (unpaired) electrons. The predicted molar refractivity (Wildman–Crippen MR) is 79.9 cm³/mol. The van der Waals surface area contributed by atoms with Gasteiger partial charge in [-0.05, 0) is 53.8 Å². The zero-order chi connectivity index (χ0) is 12.4. The molecule has 2 rings (SSSR count). The Hall–Kier alpha value is -0.460. The number of aliphatic hydroxyl groups excluding tert-OH is 1. The van der Waals surface area contributed by atoms with Crippen LogP contribution >= 0.6 is 38.5 Å². The molecule has 0 aliphatic carbocycles. The number of halogens is 2. The third-order valence-corrected chi connectivity index (χ3v) is 3.90. The number of rotatable bonds is 2. The second-order valence-electron chi connectivity index (χ2n) is 3.80. The lowest BCUT2D eigenvalue weighted by Crippen LogP contribution is -2.02. The van der Waals surface area contributed by atoms with E-state index in [9.17, 15) is 5.11 Å². The van der Waals surface area contributed by atoms with Crippen LogP contribution in [0, 0.1) is 10.5 Å². The van der Waals surface area contributed by atoms with E-state index in [1.54, 1.807) is 6.20 Å². The number of hydrogen-bond donors (Lipinski definition) is 1. The van der Waals surface area contributed by atoms with Crippen molar-refractivity contribution in [3.8, 4) is 0 Å². The molecule has 2 aromatic rings. The first kappa shape index (κ1) is 13.0. The molecule has 1 aromatic heterocycles.